The molecule has 3 rings (SSSR count). The van der Waals surface area contributed by atoms with Crippen LogP contribution < -0.4 is 14.8 Å². The lowest BCUT2D eigenvalue weighted by Gasteiger charge is -2.37. The van der Waals surface area contributed by atoms with Gasteiger partial charge in [0, 0.05) is 24.4 Å². The average molecular weight is 504 g/mol. The molecule has 1 amide bonds. The van der Waals surface area contributed by atoms with Crippen molar-refractivity contribution in [3.8, 4) is 11.5 Å². The fourth-order valence-electron chi connectivity index (χ4n) is 3.94. The first kappa shape index (κ1) is 26.6. The molecule has 2 atom stereocenters. The number of benzene rings is 1. The number of carbonyl (C=O) groups is 2. The molecule has 2 aliphatic heterocycles. The molecular weight excluding hydrogens is 470 g/mol. The smallest absolute Gasteiger partial charge is 0.338 e. The third-order valence-electron chi connectivity index (χ3n) is 5.83. The summed E-state index contributed by atoms with van der Waals surface area (Å²) >= 11 is 1.42. The highest BCUT2D eigenvalue weighted by atomic mass is 32.2. The molecule has 0 saturated carbocycles. The Labute approximate surface area is 210 Å². The number of aliphatic imine (C=N–C) groups is 1. The number of amidine groups is 1. The number of carbonyl (C=O) groups excluding carboxylic acids is 2. The van der Waals surface area contributed by atoms with E-state index in [1.165, 1.54) is 11.8 Å². The van der Waals surface area contributed by atoms with Crippen molar-refractivity contribution in [3.05, 3.63) is 46.1 Å². The van der Waals surface area contributed by atoms with Gasteiger partial charge in [-0.15, -0.1) is 0 Å². The monoisotopic (exact) mass is 503 g/mol. The molecule has 2 aliphatic rings. The molecule has 10 heteroatoms. The maximum Gasteiger partial charge on any atom is 0.338 e. The van der Waals surface area contributed by atoms with Crippen molar-refractivity contribution >= 4 is 28.8 Å². The highest BCUT2D eigenvalue weighted by Gasteiger charge is 2.42. The fourth-order valence-corrected chi connectivity index (χ4v) is 4.90. The quantitative estimate of drug-likeness (QED) is 0.360. The van der Waals surface area contributed by atoms with Crippen LogP contribution in [0, 0.1) is 0 Å². The van der Waals surface area contributed by atoms with E-state index in [4.69, 9.17) is 18.9 Å². The van der Waals surface area contributed by atoms with Gasteiger partial charge in [-0.1, -0.05) is 30.8 Å². The number of ether oxygens (including phenoxy) is 4. The molecule has 0 bridgehead atoms. The number of esters is 1. The minimum absolute atomic E-state index is 0.0642. The van der Waals surface area contributed by atoms with E-state index in [-0.39, 0.29) is 31.6 Å². The number of amides is 1. The van der Waals surface area contributed by atoms with Crippen LogP contribution in [0.25, 0.3) is 0 Å². The van der Waals surface area contributed by atoms with Gasteiger partial charge in [-0.2, -0.15) is 0 Å². The van der Waals surface area contributed by atoms with E-state index in [0.717, 1.165) is 12.1 Å². The predicted octanol–water partition coefficient (Wildman–Crippen LogP) is 3.77. The maximum atomic E-state index is 13.3. The van der Waals surface area contributed by atoms with Gasteiger partial charge in [0.05, 0.1) is 44.6 Å². The van der Waals surface area contributed by atoms with E-state index >= 15 is 0 Å². The average Bonchev–Trinajstić information content (AvgIpc) is 3.23. The number of rotatable bonds is 11. The Bertz CT molecular complexity index is 1050. The Morgan fingerprint density at radius 2 is 1.97 bits per heavy atom. The summed E-state index contributed by atoms with van der Waals surface area (Å²) in [6.45, 7) is 6.16. The van der Waals surface area contributed by atoms with Gasteiger partial charge in [0.2, 0.25) is 5.91 Å². The topological polar surface area (TPSA) is 98.7 Å². The van der Waals surface area contributed by atoms with E-state index in [0.29, 0.717) is 33.5 Å². The molecule has 9 nitrogen and oxygen atoms in total. The summed E-state index contributed by atoms with van der Waals surface area (Å²) in [6, 6.07) is 4.95. The van der Waals surface area contributed by atoms with Gasteiger partial charge in [-0.05, 0) is 31.7 Å². The number of thioether (sulfide) groups is 1. The van der Waals surface area contributed by atoms with Crippen molar-refractivity contribution in [2.45, 2.75) is 45.7 Å². The van der Waals surface area contributed by atoms with Crippen LogP contribution in [-0.4, -0.2) is 62.5 Å². The van der Waals surface area contributed by atoms with Gasteiger partial charge in [-0.3, -0.25) is 4.79 Å². The lowest BCUT2D eigenvalue weighted by Crippen LogP contribution is -2.39. The SMILES string of the molecule is CCC(C)NC(=O)CC1=CSC2=NC(C)=C(C(=O)OCCOC)C(c3cccc(OC)c3OC)N12. The lowest BCUT2D eigenvalue weighted by atomic mass is 9.92. The number of hydrogen-bond donors (Lipinski definition) is 1. The number of allylic oxidation sites excluding steroid dienone is 1. The second kappa shape index (κ2) is 12.1. The summed E-state index contributed by atoms with van der Waals surface area (Å²) in [7, 11) is 4.66. The van der Waals surface area contributed by atoms with Crippen molar-refractivity contribution in [1.29, 1.82) is 0 Å². The molecule has 0 aromatic heterocycles. The molecule has 0 spiro atoms. The molecule has 0 fully saturated rings. The summed E-state index contributed by atoms with van der Waals surface area (Å²) in [6.07, 6.45) is 0.975. The van der Waals surface area contributed by atoms with Gasteiger partial charge < -0.3 is 29.2 Å². The van der Waals surface area contributed by atoms with Crippen molar-refractivity contribution in [2.75, 3.05) is 34.5 Å². The first-order chi connectivity index (χ1) is 16.9. The largest absolute Gasteiger partial charge is 0.493 e. The molecule has 35 heavy (non-hydrogen) atoms. The summed E-state index contributed by atoms with van der Waals surface area (Å²) in [5.74, 6) is 0.430. The Kier molecular flexibility index (Phi) is 9.22. The van der Waals surface area contributed by atoms with E-state index in [9.17, 15) is 9.59 Å². The molecule has 1 aromatic carbocycles. The van der Waals surface area contributed by atoms with Crippen LogP contribution in [0.3, 0.4) is 0 Å². The Hall–Kier alpha value is -2.98. The molecule has 1 aromatic rings. The normalized spacial score (nSPS) is 17.9. The lowest BCUT2D eigenvalue weighted by molar-refractivity contribution is -0.141. The van der Waals surface area contributed by atoms with Gasteiger partial charge in [-0.25, -0.2) is 9.79 Å². The first-order valence-electron chi connectivity index (χ1n) is 11.5. The number of para-hydroxylation sites is 1. The molecule has 2 heterocycles. The van der Waals surface area contributed by atoms with E-state index in [2.05, 4.69) is 10.3 Å². The molecule has 0 radical (unpaired) electrons. The Morgan fingerprint density at radius 3 is 2.63 bits per heavy atom. The number of nitrogens with one attached hydrogen (secondary N) is 1. The number of fused-ring (bicyclic) bond motifs is 1. The maximum absolute atomic E-state index is 13.3. The molecule has 190 valence electrons. The van der Waals surface area contributed by atoms with Crippen molar-refractivity contribution < 1.29 is 28.5 Å². The summed E-state index contributed by atoms with van der Waals surface area (Å²) < 4.78 is 21.8. The number of nitrogens with zero attached hydrogens (tertiary/aromatic N) is 2. The Balaban J connectivity index is 2.07. The van der Waals surface area contributed by atoms with Crippen LogP contribution in [-0.2, 0) is 19.1 Å². The van der Waals surface area contributed by atoms with Crippen LogP contribution in [0.5, 0.6) is 11.5 Å². The third-order valence-corrected chi connectivity index (χ3v) is 6.72. The third kappa shape index (κ3) is 5.82. The van der Waals surface area contributed by atoms with Gasteiger partial charge in [0.25, 0.3) is 0 Å². The van der Waals surface area contributed by atoms with Gasteiger partial charge in [0.15, 0.2) is 16.7 Å². The standard InChI is InChI=1S/C25H33N3O6S/c1-7-15(2)26-20(29)13-17-14-35-25-27-16(3)21(24(30)34-12-11-31-4)22(28(17)25)18-9-8-10-19(32-5)23(18)33-6/h8-10,14-15,22H,7,11-13H2,1-6H3,(H,26,29). The predicted molar refractivity (Wildman–Crippen MR) is 135 cm³/mol. The first-order valence-corrected chi connectivity index (χ1v) is 12.3. The summed E-state index contributed by atoms with van der Waals surface area (Å²) in [4.78, 5) is 32.7. The molecule has 1 N–H and O–H groups in total. The van der Waals surface area contributed by atoms with Crippen molar-refractivity contribution in [3.63, 3.8) is 0 Å². The van der Waals surface area contributed by atoms with E-state index in [1.54, 1.807) is 34.3 Å². The zero-order valence-corrected chi connectivity index (χ0v) is 21.9. The molecule has 2 unspecified atom stereocenters. The zero-order valence-electron chi connectivity index (χ0n) is 21.0. The van der Waals surface area contributed by atoms with Crippen LogP contribution in [0.15, 0.2) is 45.6 Å². The van der Waals surface area contributed by atoms with Crippen molar-refractivity contribution in [1.82, 2.24) is 10.2 Å². The summed E-state index contributed by atoms with van der Waals surface area (Å²) in [5.41, 5.74) is 2.35. The second-order valence-corrected chi connectivity index (χ2v) is 8.99. The fraction of sp³-hybridized carbons (Fsp3) is 0.480. The molecule has 0 aliphatic carbocycles. The number of methoxy groups -OCH3 is 3. The van der Waals surface area contributed by atoms with E-state index < -0.39 is 12.0 Å². The number of hydrogen-bond acceptors (Lipinski definition) is 9. The minimum Gasteiger partial charge on any atom is -0.493 e. The zero-order chi connectivity index (χ0) is 25.5. The highest BCUT2D eigenvalue weighted by Crippen LogP contribution is 2.48. The van der Waals surface area contributed by atoms with Crippen LogP contribution >= 0.6 is 11.8 Å². The Morgan fingerprint density at radius 1 is 1.20 bits per heavy atom. The molecule has 0 saturated heterocycles. The molecular formula is C25H33N3O6S. The van der Waals surface area contributed by atoms with Crippen LogP contribution in [0.2, 0.25) is 0 Å². The van der Waals surface area contributed by atoms with Gasteiger partial charge in [0.1, 0.15) is 6.61 Å². The van der Waals surface area contributed by atoms with Gasteiger partial charge >= 0.3 is 5.97 Å². The van der Waals surface area contributed by atoms with Crippen molar-refractivity contribution in [2.24, 2.45) is 4.99 Å². The van der Waals surface area contributed by atoms with Crippen LogP contribution in [0.4, 0.5) is 0 Å². The summed E-state index contributed by atoms with van der Waals surface area (Å²) in [5, 5.41) is 5.59. The highest BCUT2D eigenvalue weighted by molar-refractivity contribution is 8.16. The second-order valence-electron chi connectivity index (χ2n) is 8.16. The van der Waals surface area contributed by atoms with Crippen LogP contribution in [0.1, 0.15) is 45.2 Å². The minimum atomic E-state index is -0.625. The van der Waals surface area contributed by atoms with E-state index in [1.807, 2.05) is 36.3 Å².